The lowest BCUT2D eigenvalue weighted by atomic mass is 9.35. The number of aliphatic hydroxyl groups is 8. The van der Waals surface area contributed by atoms with Crippen LogP contribution in [0.15, 0.2) is 12.2 Å². The Morgan fingerprint density at radius 3 is 1.83 bits per heavy atom. The van der Waals surface area contributed by atoms with Gasteiger partial charge in [0.2, 0.25) is 0 Å². The van der Waals surface area contributed by atoms with Gasteiger partial charge in [-0.3, -0.25) is 0 Å². The second-order valence-corrected chi connectivity index (χ2v) is 19.7. The SMILES string of the molecule is CC(C)(O)/C=C/CC(C)(O)C1CCC2(C)C1C(O[C@@H]1OC[C@H](O)[C@H](O)[C@H]1O)CC1C3(C)CCC(O[C@@H]4OC[C@H](O)[C@H](O)[C@H]4O)C(C)(C)C3CCC12C. The molecule has 0 bridgehead atoms. The van der Waals surface area contributed by atoms with Crippen molar-refractivity contribution >= 4 is 0 Å². The minimum Gasteiger partial charge on any atom is -0.390 e. The van der Waals surface area contributed by atoms with Crippen molar-refractivity contribution < 1.29 is 59.8 Å². The minimum atomic E-state index is -1.43. The van der Waals surface area contributed by atoms with Gasteiger partial charge in [0.15, 0.2) is 12.6 Å². The van der Waals surface area contributed by atoms with Crippen molar-refractivity contribution in [1.29, 1.82) is 0 Å². The largest absolute Gasteiger partial charge is 0.390 e. The zero-order chi connectivity index (χ0) is 38.4. The number of aliphatic hydroxyl groups excluding tert-OH is 6. The molecule has 2 saturated heterocycles. The van der Waals surface area contributed by atoms with Gasteiger partial charge in [-0.1, -0.05) is 46.8 Å². The van der Waals surface area contributed by atoms with E-state index in [1.807, 2.05) is 13.0 Å². The molecule has 0 aromatic rings. The maximum absolute atomic E-state index is 12.2. The van der Waals surface area contributed by atoms with Crippen LogP contribution in [-0.2, 0) is 18.9 Å². The van der Waals surface area contributed by atoms with Crippen LogP contribution < -0.4 is 0 Å². The average Bonchev–Trinajstić information content (AvgIpc) is 3.43. The van der Waals surface area contributed by atoms with Crippen molar-refractivity contribution in [3.8, 4) is 0 Å². The lowest BCUT2D eigenvalue weighted by Gasteiger charge is -2.71. The number of hydrogen-bond acceptors (Lipinski definition) is 12. The molecule has 18 atom stereocenters. The molecular weight excluding hydrogens is 672 g/mol. The van der Waals surface area contributed by atoms with Crippen molar-refractivity contribution in [3.63, 3.8) is 0 Å². The normalized spacial score (nSPS) is 52.1. The topological polar surface area (TPSA) is 199 Å². The van der Waals surface area contributed by atoms with Gasteiger partial charge in [-0.2, -0.15) is 0 Å². The van der Waals surface area contributed by atoms with Crippen LogP contribution in [0.4, 0.5) is 0 Å². The molecule has 12 nitrogen and oxygen atoms in total. The van der Waals surface area contributed by atoms with Gasteiger partial charge in [0, 0.05) is 0 Å². The predicted octanol–water partition coefficient (Wildman–Crippen LogP) is 2.40. The van der Waals surface area contributed by atoms with Crippen molar-refractivity contribution in [3.05, 3.63) is 12.2 Å². The van der Waals surface area contributed by atoms with E-state index < -0.39 is 66.5 Å². The zero-order valence-corrected chi connectivity index (χ0v) is 32.5. The Morgan fingerprint density at radius 2 is 1.25 bits per heavy atom. The number of fused-ring (bicyclic) bond motifs is 5. The maximum Gasteiger partial charge on any atom is 0.186 e. The fourth-order valence-corrected chi connectivity index (χ4v) is 12.7. The molecule has 10 unspecified atom stereocenters. The summed E-state index contributed by atoms with van der Waals surface area (Å²) in [6, 6.07) is 0. The third kappa shape index (κ3) is 6.76. The highest BCUT2D eigenvalue weighted by Gasteiger charge is 2.72. The minimum absolute atomic E-state index is 0.0985. The van der Waals surface area contributed by atoms with E-state index in [0.29, 0.717) is 19.3 Å². The van der Waals surface area contributed by atoms with E-state index in [1.54, 1.807) is 19.9 Å². The second-order valence-electron chi connectivity index (χ2n) is 19.7. The van der Waals surface area contributed by atoms with Crippen LogP contribution >= 0.6 is 0 Å². The van der Waals surface area contributed by atoms with E-state index in [0.717, 1.165) is 32.1 Å². The molecule has 300 valence electrons. The molecule has 6 rings (SSSR count). The highest BCUT2D eigenvalue weighted by Crippen LogP contribution is 2.76. The summed E-state index contributed by atoms with van der Waals surface area (Å²) >= 11 is 0. The Hall–Kier alpha value is -0.740. The van der Waals surface area contributed by atoms with E-state index >= 15 is 0 Å². The standard InChI is InChI=1S/C40H68O12/c1-35(2,47)13-9-14-40(8,48)21-10-16-39(7)28(21)24(51-33-31(45)29(43)22(41)19-49-33)18-26-37(5)15-12-27(36(3,4)25(37)11-17-38(26,39)6)52-34-32(46)30(44)23(42)20-50-34/h9,13,21-34,41-48H,10-12,14-20H2,1-8H3/b13-9+/t21?,22-,23-,24?,25?,26?,27?,28?,29-,30-,31+,32+,33-,34-,37?,38?,39?,40?/m0/s1. The molecule has 8 N–H and O–H groups in total. The van der Waals surface area contributed by atoms with Gasteiger partial charge in [-0.05, 0) is 117 Å². The van der Waals surface area contributed by atoms with Crippen LogP contribution in [0.5, 0.6) is 0 Å². The fraction of sp³-hybridized carbons (Fsp3) is 0.950. The summed E-state index contributed by atoms with van der Waals surface area (Å²) in [5, 5.41) is 85.5. The van der Waals surface area contributed by atoms with Gasteiger partial charge in [0.1, 0.15) is 36.6 Å². The van der Waals surface area contributed by atoms with Crippen molar-refractivity contribution in [2.24, 2.45) is 45.3 Å². The van der Waals surface area contributed by atoms with Gasteiger partial charge in [0.25, 0.3) is 0 Å². The van der Waals surface area contributed by atoms with Gasteiger partial charge in [-0.25, -0.2) is 0 Å². The molecule has 52 heavy (non-hydrogen) atoms. The molecule has 6 fully saturated rings. The third-order valence-electron chi connectivity index (χ3n) is 15.7. The Bertz CT molecular complexity index is 1300. The molecule has 12 heteroatoms. The first-order chi connectivity index (χ1) is 24.0. The van der Waals surface area contributed by atoms with E-state index in [1.165, 1.54) is 0 Å². The third-order valence-corrected chi connectivity index (χ3v) is 15.7. The van der Waals surface area contributed by atoms with Crippen molar-refractivity contribution in [2.75, 3.05) is 13.2 Å². The van der Waals surface area contributed by atoms with Crippen LogP contribution in [0.1, 0.15) is 107 Å². The summed E-state index contributed by atoms with van der Waals surface area (Å²) in [6.07, 6.45) is -1.02. The molecule has 2 heterocycles. The summed E-state index contributed by atoms with van der Waals surface area (Å²) < 4.78 is 24.8. The van der Waals surface area contributed by atoms with Crippen LogP contribution in [-0.4, -0.2) is 127 Å². The van der Waals surface area contributed by atoms with Crippen molar-refractivity contribution in [1.82, 2.24) is 0 Å². The van der Waals surface area contributed by atoms with Crippen molar-refractivity contribution in [2.45, 2.75) is 179 Å². The van der Waals surface area contributed by atoms with Crippen LogP contribution in [0.25, 0.3) is 0 Å². The molecule has 0 aromatic heterocycles. The maximum atomic E-state index is 12.2. The Kier molecular flexibility index (Phi) is 11.0. The number of hydrogen-bond donors (Lipinski definition) is 8. The molecular formula is C40H68O12. The van der Waals surface area contributed by atoms with Gasteiger partial charge in [0.05, 0.1) is 36.6 Å². The zero-order valence-electron chi connectivity index (χ0n) is 32.5. The Morgan fingerprint density at radius 1 is 0.692 bits per heavy atom. The highest BCUT2D eigenvalue weighted by atomic mass is 16.7. The molecule has 0 spiro atoms. The smallest absolute Gasteiger partial charge is 0.186 e. The second kappa shape index (κ2) is 14.0. The first kappa shape index (κ1) is 40.9. The van der Waals surface area contributed by atoms with E-state index in [2.05, 4.69) is 34.6 Å². The summed E-state index contributed by atoms with van der Waals surface area (Å²) in [4.78, 5) is 0. The lowest BCUT2D eigenvalue weighted by molar-refractivity contribution is -0.325. The molecule has 0 aromatic carbocycles. The van der Waals surface area contributed by atoms with E-state index in [-0.39, 0.29) is 64.6 Å². The van der Waals surface area contributed by atoms with E-state index in [4.69, 9.17) is 18.9 Å². The summed E-state index contributed by atoms with van der Waals surface area (Å²) in [5.74, 6) is 0.173. The fourth-order valence-electron chi connectivity index (χ4n) is 12.7. The average molecular weight is 741 g/mol. The molecule has 2 aliphatic heterocycles. The molecule has 0 radical (unpaired) electrons. The summed E-state index contributed by atoms with van der Waals surface area (Å²) in [5.41, 5.74) is -2.96. The lowest BCUT2D eigenvalue weighted by Crippen LogP contribution is -2.68. The first-order valence-electron chi connectivity index (χ1n) is 19.7. The first-order valence-corrected chi connectivity index (χ1v) is 19.7. The molecule has 4 aliphatic carbocycles. The Balaban J connectivity index is 1.32. The summed E-state index contributed by atoms with van der Waals surface area (Å²) in [6.45, 7) is 16.7. The highest BCUT2D eigenvalue weighted by molar-refractivity contribution is 5.21. The Labute approximate surface area is 309 Å². The quantitative estimate of drug-likeness (QED) is 0.134. The van der Waals surface area contributed by atoms with Gasteiger partial charge >= 0.3 is 0 Å². The van der Waals surface area contributed by atoms with Gasteiger partial charge < -0.3 is 59.8 Å². The monoisotopic (exact) mass is 740 g/mol. The van der Waals surface area contributed by atoms with Crippen LogP contribution in [0.3, 0.4) is 0 Å². The summed E-state index contributed by atoms with van der Waals surface area (Å²) in [7, 11) is 0. The molecule has 0 amide bonds. The van der Waals surface area contributed by atoms with Gasteiger partial charge in [-0.15, -0.1) is 0 Å². The number of ether oxygens (including phenoxy) is 4. The van der Waals surface area contributed by atoms with Crippen LogP contribution in [0, 0.1) is 45.3 Å². The molecule has 4 saturated carbocycles. The molecule has 6 aliphatic rings. The number of rotatable bonds is 8. The van der Waals surface area contributed by atoms with Crippen LogP contribution in [0.2, 0.25) is 0 Å². The van der Waals surface area contributed by atoms with E-state index in [9.17, 15) is 40.9 Å². The predicted molar refractivity (Wildman–Crippen MR) is 190 cm³/mol.